The van der Waals surface area contributed by atoms with Gasteiger partial charge in [-0.2, -0.15) is 13.2 Å². The molecule has 1 aliphatic heterocycles. The van der Waals surface area contributed by atoms with Gasteiger partial charge in [-0.05, 0) is 23.8 Å². The molecule has 1 saturated heterocycles. The van der Waals surface area contributed by atoms with Crippen molar-refractivity contribution in [3.05, 3.63) is 28.2 Å². The van der Waals surface area contributed by atoms with Crippen LogP contribution < -0.4 is 10.1 Å². The molecule has 126 valence electrons. The number of hydrogen-bond acceptors (Lipinski definition) is 3. The molecular formula is C14H19BrClF3N2O. The van der Waals surface area contributed by atoms with Crippen molar-refractivity contribution in [2.24, 2.45) is 0 Å². The van der Waals surface area contributed by atoms with E-state index in [-0.39, 0.29) is 12.4 Å². The van der Waals surface area contributed by atoms with Gasteiger partial charge in [0.15, 0.2) is 0 Å². The van der Waals surface area contributed by atoms with Gasteiger partial charge in [-0.15, -0.1) is 12.4 Å². The zero-order valence-corrected chi connectivity index (χ0v) is 14.5. The fraction of sp³-hybridized carbons (Fsp3) is 0.571. The van der Waals surface area contributed by atoms with Crippen LogP contribution in [0.15, 0.2) is 22.7 Å². The highest BCUT2D eigenvalue weighted by Gasteiger charge is 2.36. The smallest absolute Gasteiger partial charge is 0.390 e. The number of piperazine rings is 1. The predicted molar refractivity (Wildman–Crippen MR) is 85.8 cm³/mol. The van der Waals surface area contributed by atoms with Gasteiger partial charge in [-0.3, -0.25) is 4.90 Å². The van der Waals surface area contributed by atoms with Crippen LogP contribution in [0, 0.1) is 0 Å². The molecule has 3 nitrogen and oxygen atoms in total. The van der Waals surface area contributed by atoms with Crippen molar-refractivity contribution in [2.75, 3.05) is 33.3 Å². The third-order valence-corrected chi connectivity index (χ3v) is 4.30. The molecule has 0 aromatic heterocycles. The van der Waals surface area contributed by atoms with E-state index in [2.05, 4.69) is 21.2 Å². The molecule has 2 rings (SSSR count). The summed E-state index contributed by atoms with van der Waals surface area (Å²) in [4.78, 5) is 1.88. The molecule has 8 heteroatoms. The molecule has 1 atom stereocenters. The van der Waals surface area contributed by atoms with Crippen molar-refractivity contribution in [1.29, 1.82) is 0 Å². The number of halogens is 5. The van der Waals surface area contributed by atoms with Crippen molar-refractivity contribution in [1.82, 2.24) is 10.2 Å². The first-order chi connectivity index (χ1) is 9.90. The third-order valence-electron chi connectivity index (χ3n) is 3.58. The standard InChI is InChI=1S/C14H18BrF3N2O.ClH/c1-21-10-2-3-12(15)11(8-10)13(9-14(16,17)18)20-6-4-19-5-7-20;/h2-3,8,13,19H,4-7,9H2,1H3;1H/t13-;/m0./s1. The van der Waals surface area contributed by atoms with Crippen molar-refractivity contribution in [3.63, 3.8) is 0 Å². The summed E-state index contributed by atoms with van der Waals surface area (Å²) in [5, 5.41) is 3.16. The Balaban J connectivity index is 0.00000242. The van der Waals surface area contributed by atoms with Gasteiger partial charge in [-0.25, -0.2) is 0 Å². The average molecular weight is 404 g/mol. The van der Waals surface area contributed by atoms with E-state index < -0.39 is 18.6 Å². The number of alkyl halides is 3. The summed E-state index contributed by atoms with van der Waals surface area (Å²) in [6.45, 7) is 2.61. The van der Waals surface area contributed by atoms with Crippen molar-refractivity contribution in [3.8, 4) is 5.75 Å². The second-order valence-corrected chi connectivity index (χ2v) is 5.86. The quantitative estimate of drug-likeness (QED) is 0.828. The molecule has 0 radical (unpaired) electrons. The van der Waals surface area contributed by atoms with Gasteiger partial charge in [0.1, 0.15) is 5.75 Å². The Hall–Kier alpha value is -0.500. The number of rotatable bonds is 4. The first-order valence-corrected chi connectivity index (χ1v) is 7.55. The van der Waals surface area contributed by atoms with Gasteiger partial charge in [0.2, 0.25) is 0 Å². The minimum absolute atomic E-state index is 0. The molecule has 1 aromatic carbocycles. The number of methoxy groups -OCH3 is 1. The molecule has 0 unspecified atom stereocenters. The number of benzene rings is 1. The van der Waals surface area contributed by atoms with E-state index in [1.165, 1.54) is 7.11 Å². The van der Waals surface area contributed by atoms with E-state index in [1.807, 2.05) is 4.90 Å². The highest BCUT2D eigenvalue weighted by molar-refractivity contribution is 9.10. The predicted octanol–water partition coefficient (Wildman–Crippen LogP) is 3.78. The summed E-state index contributed by atoms with van der Waals surface area (Å²) >= 11 is 3.37. The molecule has 1 aliphatic rings. The Labute approximate surface area is 142 Å². The second kappa shape index (κ2) is 8.38. The summed E-state index contributed by atoms with van der Waals surface area (Å²) in [6, 6.07) is 4.45. The lowest BCUT2D eigenvalue weighted by atomic mass is 10.0. The van der Waals surface area contributed by atoms with Crippen LogP contribution in [-0.4, -0.2) is 44.4 Å². The molecule has 0 saturated carbocycles. The Kier molecular flexibility index (Phi) is 7.45. The topological polar surface area (TPSA) is 24.5 Å². The van der Waals surface area contributed by atoms with Gasteiger partial charge < -0.3 is 10.1 Å². The van der Waals surface area contributed by atoms with Gasteiger partial charge >= 0.3 is 6.18 Å². The zero-order chi connectivity index (χ0) is 15.5. The van der Waals surface area contributed by atoms with E-state index in [1.54, 1.807) is 18.2 Å². The van der Waals surface area contributed by atoms with Crippen LogP contribution in [0.5, 0.6) is 5.75 Å². The molecule has 0 amide bonds. The lowest BCUT2D eigenvalue weighted by Gasteiger charge is -2.36. The highest BCUT2D eigenvalue weighted by atomic mass is 79.9. The molecule has 0 aliphatic carbocycles. The second-order valence-electron chi connectivity index (χ2n) is 5.01. The third kappa shape index (κ3) is 5.30. The summed E-state index contributed by atoms with van der Waals surface area (Å²) in [5.41, 5.74) is 0.619. The summed E-state index contributed by atoms with van der Waals surface area (Å²) < 4.78 is 44.7. The van der Waals surface area contributed by atoms with Crippen molar-refractivity contribution >= 4 is 28.3 Å². The first-order valence-electron chi connectivity index (χ1n) is 6.75. The maximum atomic E-state index is 13.0. The normalized spacial score (nSPS) is 17.7. The van der Waals surface area contributed by atoms with E-state index in [0.717, 1.165) is 0 Å². The van der Waals surface area contributed by atoms with Crippen molar-refractivity contribution < 1.29 is 17.9 Å². The number of ether oxygens (including phenoxy) is 1. The lowest BCUT2D eigenvalue weighted by molar-refractivity contribution is -0.148. The van der Waals surface area contributed by atoms with Gasteiger partial charge in [-0.1, -0.05) is 15.9 Å². The average Bonchev–Trinajstić information content (AvgIpc) is 2.45. The minimum atomic E-state index is -4.21. The zero-order valence-electron chi connectivity index (χ0n) is 12.1. The fourth-order valence-electron chi connectivity index (χ4n) is 2.55. The summed E-state index contributed by atoms with van der Waals surface area (Å²) in [5.74, 6) is 0.565. The monoisotopic (exact) mass is 402 g/mol. The molecule has 1 fully saturated rings. The van der Waals surface area contributed by atoms with Crippen LogP contribution in [0.25, 0.3) is 0 Å². The molecule has 1 N–H and O–H groups in total. The maximum absolute atomic E-state index is 13.0. The largest absolute Gasteiger partial charge is 0.497 e. The van der Waals surface area contributed by atoms with Gasteiger partial charge in [0.25, 0.3) is 0 Å². The van der Waals surface area contributed by atoms with Gasteiger partial charge in [0, 0.05) is 36.7 Å². The lowest BCUT2D eigenvalue weighted by Crippen LogP contribution is -2.46. The summed E-state index contributed by atoms with van der Waals surface area (Å²) in [6.07, 6.45) is -5.07. The Morgan fingerprint density at radius 2 is 1.95 bits per heavy atom. The first kappa shape index (κ1) is 19.5. The van der Waals surface area contributed by atoms with E-state index in [4.69, 9.17) is 4.74 Å². The molecule has 0 bridgehead atoms. The molecule has 0 spiro atoms. The van der Waals surface area contributed by atoms with Crippen LogP contribution in [0.4, 0.5) is 13.2 Å². The van der Waals surface area contributed by atoms with E-state index >= 15 is 0 Å². The van der Waals surface area contributed by atoms with E-state index in [9.17, 15) is 13.2 Å². The highest BCUT2D eigenvalue weighted by Crippen LogP contribution is 2.38. The van der Waals surface area contributed by atoms with Crippen LogP contribution in [0.2, 0.25) is 0 Å². The Bertz CT molecular complexity index is 482. The minimum Gasteiger partial charge on any atom is -0.497 e. The maximum Gasteiger partial charge on any atom is 0.390 e. The SMILES string of the molecule is COc1ccc(Br)c([C@H](CC(F)(F)F)N2CCNCC2)c1.Cl. The number of hydrogen-bond donors (Lipinski definition) is 1. The molecular weight excluding hydrogens is 385 g/mol. The van der Waals surface area contributed by atoms with Crippen LogP contribution >= 0.6 is 28.3 Å². The van der Waals surface area contributed by atoms with Crippen molar-refractivity contribution in [2.45, 2.75) is 18.6 Å². The fourth-order valence-corrected chi connectivity index (χ4v) is 3.06. The summed E-state index contributed by atoms with van der Waals surface area (Å²) in [7, 11) is 1.51. The van der Waals surface area contributed by atoms with Gasteiger partial charge in [0.05, 0.1) is 13.5 Å². The Morgan fingerprint density at radius 1 is 1.32 bits per heavy atom. The van der Waals surface area contributed by atoms with E-state index in [0.29, 0.717) is 42.0 Å². The van der Waals surface area contributed by atoms with Crippen LogP contribution in [0.1, 0.15) is 18.0 Å². The molecule has 1 aromatic rings. The number of nitrogens with one attached hydrogen (secondary N) is 1. The van der Waals surface area contributed by atoms with Crippen LogP contribution in [0.3, 0.4) is 0 Å². The number of nitrogens with zero attached hydrogens (tertiary/aromatic N) is 1. The Morgan fingerprint density at radius 3 is 2.50 bits per heavy atom. The van der Waals surface area contributed by atoms with Crippen LogP contribution in [-0.2, 0) is 0 Å². The molecule has 22 heavy (non-hydrogen) atoms. The molecule has 1 heterocycles.